The van der Waals surface area contributed by atoms with Crippen LogP contribution in [0, 0.1) is 13.8 Å². The minimum Gasteiger partial charge on any atom is -0.469 e. The molecule has 5 aromatic rings. The Bertz CT molecular complexity index is 1270. The average molecular weight is 475 g/mol. The zero-order valence-electron chi connectivity index (χ0n) is 19.8. The summed E-state index contributed by atoms with van der Waals surface area (Å²) >= 11 is 1.78. The molecule has 34 heavy (non-hydrogen) atoms. The Kier molecular flexibility index (Phi) is 6.38. The fourth-order valence-corrected chi connectivity index (χ4v) is 5.93. The van der Waals surface area contributed by atoms with Crippen molar-refractivity contribution < 1.29 is 17.7 Å². The van der Waals surface area contributed by atoms with Crippen LogP contribution in [0.15, 0.2) is 96.2 Å². The summed E-state index contributed by atoms with van der Waals surface area (Å²) in [6, 6.07) is 20.7. The summed E-state index contributed by atoms with van der Waals surface area (Å²) in [6.45, 7) is 6.24. The summed E-state index contributed by atoms with van der Waals surface area (Å²) in [5, 5.41) is 2.14. The van der Waals surface area contributed by atoms with Crippen LogP contribution in [-0.4, -0.2) is 0 Å². The third kappa shape index (κ3) is 4.58. The zero-order chi connectivity index (χ0) is 23.5. The molecule has 0 N–H and O–H groups in total. The van der Waals surface area contributed by atoms with Crippen molar-refractivity contribution in [2.24, 2.45) is 0 Å². The number of hydrogen-bond acceptors (Lipinski definition) is 5. The minimum atomic E-state index is -0.351. The molecule has 3 unspecified atom stereocenters. The van der Waals surface area contributed by atoms with Crippen molar-refractivity contribution in [1.82, 2.24) is 0 Å². The molecule has 0 saturated carbocycles. The van der Waals surface area contributed by atoms with E-state index in [1.165, 1.54) is 4.88 Å². The van der Waals surface area contributed by atoms with Crippen LogP contribution in [-0.2, 0) is 18.3 Å². The number of aryl methyl sites for hydroxylation is 2. The van der Waals surface area contributed by atoms with E-state index in [2.05, 4.69) is 42.6 Å². The van der Waals surface area contributed by atoms with E-state index in [0.717, 1.165) is 53.8 Å². The molecule has 0 aliphatic rings. The van der Waals surface area contributed by atoms with Gasteiger partial charge < -0.3 is 17.7 Å². The fourth-order valence-electron chi connectivity index (χ4n) is 5.10. The van der Waals surface area contributed by atoms with Crippen LogP contribution in [0.4, 0.5) is 0 Å². The van der Waals surface area contributed by atoms with Gasteiger partial charge in [0.25, 0.3) is 0 Å². The van der Waals surface area contributed by atoms with E-state index in [4.69, 9.17) is 17.7 Å². The van der Waals surface area contributed by atoms with Crippen LogP contribution in [0.1, 0.15) is 64.6 Å². The minimum absolute atomic E-state index is 0.0737. The maximum Gasteiger partial charge on any atom is 0.111 e. The molecule has 4 nitrogen and oxygen atoms in total. The average Bonchev–Trinajstić information content (AvgIpc) is 3.64. The summed E-state index contributed by atoms with van der Waals surface area (Å²) < 4.78 is 24.3. The predicted molar refractivity (Wildman–Crippen MR) is 133 cm³/mol. The lowest BCUT2D eigenvalue weighted by atomic mass is 9.64. The van der Waals surface area contributed by atoms with Gasteiger partial charge in [0.1, 0.15) is 34.6 Å². The molecule has 5 heteroatoms. The Balaban J connectivity index is 1.63. The van der Waals surface area contributed by atoms with E-state index >= 15 is 0 Å². The van der Waals surface area contributed by atoms with Gasteiger partial charge in [-0.15, -0.1) is 11.3 Å². The van der Waals surface area contributed by atoms with Gasteiger partial charge in [0, 0.05) is 28.5 Å². The lowest BCUT2D eigenvalue weighted by molar-refractivity contribution is 0.218. The SMILES string of the molecule is Cc1ccc(C(Cc2ccco2)CC(Cc2cccs2)(c2ccco2)C(C)c2ccc(C)o2)o1. The molecular weight excluding hydrogens is 444 g/mol. The maximum absolute atomic E-state index is 6.19. The largest absolute Gasteiger partial charge is 0.469 e. The van der Waals surface area contributed by atoms with Gasteiger partial charge in [-0.3, -0.25) is 0 Å². The highest BCUT2D eigenvalue weighted by atomic mass is 32.1. The van der Waals surface area contributed by atoms with Crippen molar-refractivity contribution in [3.05, 3.63) is 118 Å². The molecule has 0 radical (unpaired) electrons. The molecule has 0 bridgehead atoms. The van der Waals surface area contributed by atoms with Gasteiger partial charge in [0.2, 0.25) is 0 Å². The first-order valence-electron chi connectivity index (χ1n) is 11.7. The van der Waals surface area contributed by atoms with Gasteiger partial charge in [-0.25, -0.2) is 0 Å². The van der Waals surface area contributed by atoms with E-state index in [1.807, 2.05) is 44.2 Å². The maximum atomic E-state index is 6.19. The van der Waals surface area contributed by atoms with E-state index in [9.17, 15) is 0 Å². The van der Waals surface area contributed by atoms with Gasteiger partial charge in [0.05, 0.1) is 12.5 Å². The summed E-state index contributed by atoms with van der Waals surface area (Å²) in [7, 11) is 0. The molecule has 5 heterocycles. The van der Waals surface area contributed by atoms with Crippen LogP contribution >= 0.6 is 11.3 Å². The number of furan rings is 4. The summed E-state index contributed by atoms with van der Waals surface area (Å²) in [6.07, 6.45) is 5.91. The third-order valence-corrected chi connectivity index (χ3v) is 7.78. The number of hydrogen-bond donors (Lipinski definition) is 0. The molecule has 5 rings (SSSR count). The smallest absolute Gasteiger partial charge is 0.111 e. The van der Waals surface area contributed by atoms with Crippen LogP contribution in [0.3, 0.4) is 0 Å². The Morgan fingerprint density at radius 3 is 2.15 bits per heavy atom. The molecule has 176 valence electrons. The summed E-state index contributed by atoms with van der Waals surface area (Å²) in [4.78, 5) is 1.32. The quantitative estimate of drug-likeness (QED) is 0.204. The zero-order valence-corrected chi connectivity index (χ0v) is 20.6. The Morgan fingerprint density at radius 1 is 0.824 bits per heavy atom. The first-order valence-corrected chi connectivity index (χ1v) is 12.6. The van der Waals surface area contributed by atoms with Crippen LogP contribution < -0.4 is 0 Å². The highest BCUT2D eigenvalue weighted by molar-refractivity contribution is 7.09. The monoisotopic (exact) mass is 474 g/mol. The molecule has 0 aromatic carbocycles. The van der Waals surface area contributed by atoms with Crippen molar-refractivity contribution >= 4 is 11.3 Å². The lowest BCUT2D eigenvalue weighted by Gasteiger charge is -2.39. The van der Waals surface area contributed by atoms with Crippen molar-refractivity contribution in [2.45, 2.75) is 57.3 Å². The van der Waals surface area contributed by atoms with E-state index in [0.29, 0.717) is 0 Å². The van der Waals surface area contributed by atoms with Crippen molar-refractivity contribution in [2.75, 3.05) is 0 Å². The molecule has 3 atom stereocenters. The summed E-state index contributed by atoms with van der Waals surface area (Å²) in [5.41, 5.74) is -0.351. The topological polar surface area (TPSA) is 52.6 Å². The van der Waals surface area contributed by atoms with E-state index in [-0.39, 0.29) is 17.3 Å². The van der Waals surface area contributed by atoms with Gasteiger partial charge in [-0.2, -0.15) is 0 Å². The predicted octanol–water partition coefficient (Wildman–Crippen LogP) is 8.44. The summed E-state index contributed by atoms with van der Waals surface area (Å²) in [5.74, 6) is 5.86. The highest BCUT2D eigenvalue weighted by Gasteiger charge is 2.45. The van der Waals surface area contributed by atoms with Gasteiger partial charge in [-0.05, 0) is 86.7 Å². The Labute approximate surface area is 204 Å². The molecule has 0 amide bonds. The molecule has 0 aliphatic heterocycles. The van der Waals surface area contributed by atoms with Crippen LogP contribution in [0.2, 0.25) is 0 Å². The van der Waals surface area contributed by atoms with Gasteiger partial charge in [-0.1, -0.05) is 13.0 Å². The van der Waals surface area contributed by atoms with E-state index < -0.39 is 0 Å². The fraction of sp³-hybridized carbons (Fsp3) is 0.310. The first-order chi connectivity index (χ1) is 16.5. The third-order valence-electron chi connectivity index (χ3n) is 6.90. The number of rotatable bonds is 10. The lowest BCUT2D eigenvalue weighted by Crippen LogP contribution is -2.36. The molecule has 0 spiro atoms. The second-order valence-electron chi connectivity index (χ2n) is 9.19. The molecular formula is C29H30O4S. The van der Waals surface area contributed by atoms with Crippen molar-refractivity contribution in [1.29, 1.82) is 0 Å². The normalized spacial score (nSPS) is 15.3. The Morgan fingerprint density at radius 2 is 1.56 bits per heavy atom. The standard InChI is InChI=1S/C29H30O4S/c1-20-10-12-26(32-20)22(3)29(28-9-5-15-31-28,19-25-8-6-16-34-25)18-23(17-24-7-4-14-30-24)27-13-11-21(2)33-27/h4-16,22-23H,17-19H2,1-3H3. The number of thiophene rings is 1. The van der Waals surface area contributed by atoms with Crippen LogP contribution in [0.5, 0.6) is 0 Å². The second-order valence-corrected chi connectivity index (χ2v) is 10.2. The van der Waals surface area contributed by atoms with Crippen molar-refractivity contribution in [3.8, 4) is 0 Å². The Hall–Kier alpha value is -3.18. The molecule has 0 aliphatic carbocycles. The van der Waals surface area contributed by atoms with E-state index in [1.54, 1.807) is 23.9 Å². The highest BCUT2D eigenvalue weighted by Crippen LogP contribution is 2.49. The van der Waals surface area contributed by atoms with Gasteiger partial charge >= 0.3 is 0 Å². The molecule has 0 fully saturated rings. The first kappa shape index (κ1) is 22.6. The molecule has 5 aromatic heterocycles. The second kappa shape index (κ2) is 9.59. The van der Waals surface area contributed by atoms with Crippen LogP contribution in [0.25, 0.3) is 0 Å². The van der Waals surface area contributed by atoms with Crippen molar-refractivity contribution in [3.63, 3.8) is 0 Å². The molecule has 0 saturated heterocycles. The van der Waals surface area contributed by atoms with Gasteiger partial charge in [0.15, 0.2) is 0 Å².